The molecule has 2 aromatic rings. The summed E-state index contributed by atoms with van der Waals surface area (Å²) in [6, 6.07) is 16.9. The van der Waals surface area contributed by atoms with E-state index in [-0.39, 0.29) is 6.42 Å². The molecule has 0 aromatic heterocycles. The fraction of sp³-hybridized carbons (Fsp3) is 0.188. The maximum absolute atomic E-state index is 9.37. The van der Waals surface area contributed by atoms with E-state index in [1.165, 1.54) is 20.3 Å². The van der Waals surface area contributed by atoms with Crippen LogP contribution in [0.2, 0.25) is 0 Å². The zero-order valence-electron chi connectivity index (χ0n) is 11.1. The Morgan fingerprint density at radius 2 is 1.68 bits per heavy atom. The molecule has 0 aliphatic rings. The molecule has 100 valence electrons. The van der Waals surface area contributed by atoms with Gasteiger partial charge < -0.3 is 5.11 Å². The Hall–Kier alpha value is -1.36. The number of hydrogen-bond donors (Lipinski definition) is 1. The van der Waals surface area contributed by atoms with Crippen LogP contribution in [0, 0.1) is 10.5 Å². The Bertz CT molecular complexity index is 536. The van der Waals surface area contributed by atoms with Gasteiger partial charge in [-0.05, 0) is 52.3 Å². The lowest BCUT2D eigenvalue weighted by molar-refractivity contribution is -0.136. The molecule has 2 nitrogen and oxygen atoms in total. The third kappa shape index (κ3) is 5.03. The second-order valence-electron chi connectivity index (χ2n) is 4.03. The minimum atomic E-state index is -0.745. The van der Waals surface area contributed by atoms with Crippen LogP contribution in [0.15, 0.2) is 48.5 Å². The van der Waals surface area contributed by atoms with E-state index in [1.54, 1.807) is 6.92 Å². The average molecular weight is 368 g/mol. The average Bonchev–Trinajstić information content (AvgIpc) is 2.43. The van der Waals surface area contributed by atoms with E-state index in [2.05, 4.69) is 72.0 Å². The van der Waals surface area contributed by atoms with Crippen LogP contribution in [0.4, 0.5) is 0 Å². The van der Waals surface area contributed by atoms with E-state index in [0.29, 0.717) is 0 Å². The van der Waals surface area contributed by atoms with Gasteiger partial charge in [-0.2, -0.15) is 0 Å². The van der Waals surface area contributed by atoms with Gasteiger partial charge in [-0.3, -0.25) is 4.79 Å². The molecule has 0 fully saturated rings. The van der Waals surface area contributed by atoms with E-state index in [0.717, 1.165) is 0 Å². The smallest absolute Gasteiger partial charge is 0.303 e. The minimum absolute atomic E-state index is 0.222. The highest BCUT2D eigenvalue weighted by Crippen LogP contribution is 2.25. The molecule has 0 bridgehead atoms. The molecular formula is C16H17IO2. The van der Waals surface area contributed by atoms with E-state index in [9.17, 15) is 4.79 Å². The molecule has 0 radical (unpaired) electrons. The van der Waals surface area contributed by atoms with Gasteiger partial charge in [0.2, 0.25) is 0 Å². The Kier molecular flexibility index (Phi) is 6.56. The van der Waals surface area contributed by atoms with Crippen molar-refractivity contribution >= 4 is 28.6 Å². The van der Waals surface area contributed by atoms with Gasteiger partial charge in [0.1, 0.15) is 0 Å². The van der Waals surface area contributed by atoms with E-state index in [4.69, 9.17) is 5.11 Å². The number of carboxylic acid groups (broad SMARTS) is 1. The quantitative estimate of drug-likeness (QED) is 0.777. The summed E-state index contributed by atoms with van der Waals surface area (Å²) in [7, 11) is 0. The van der Waals surface area contributed by atoms with E-state index < -0.39 is 5.97 Å². The summed E-state index contributed by atoms with van der Waals surface area (Å²) >= 11 is 2.38. The van der Waals surface area contributed by atoms with Crippen molar-refractivity contribution in [3.8, 4) is 11.1 Å². The van der Waals surface area contributed by atoms with E-state index >= 15 is 0 Å². The SMILES string of the molecule is CCC(=O)O.Cc1c(I)cccc1-c1ccccc1. The fourth-order valence-electron chi connectivity index (χ4n) is 1.54. The molecule has 3 heteroatoms. The van der Waals surface area contributed by atoms with Gasteiger partial charge in [-0.25, -0.2) is 0 Å². The highest BCUT2D eigenvalue weighted by atomic mass is 127. The molecule has 0 aliphatic carbocycles. The van der Waals surface area contributed by atoms with Crippen molar-refractivity contribution in [1.82, 2.24) is 0 Å². The first-order chi connectivity index (χ1) is 9.06. The second kappa shape index (κ2) is 7.94. The summed E-state index contributed by atoms with van der Waals surface area (Å²) in [5, 5.41) is 7.72. The molecule has 0 aliphatic heterocycles. The number of halogens is 1. The number of aliphatic carboxylic acids is 1. The molecule has 0 unspecified atom stereocenters. The van der Waals surface area contributed by atoms with Crippen LogP contribution in [0.1, 0.15) is 18.9 Å². The fourth-order valence-corrected chi connectivity index (χ4v) is 2.04. The van der Waals surface area contributed by atoms with Crippen molar-refractivity contribution < 1.29 is 9.90 Å². The molecule has 0 spiro atoms. The summed E-state index contributed by atoms with van der Waals surface area (Å²) in [6.45, 7) is 3.77. The third-order valence-corrected chi connectivity index (χ3v) is 3.82. The third-order valence-electron chi connectivity index (χ3n) is 2.65. The van der Waals surface area contributed by atoms with Crippen LogP contribution in [0.5, 0.6) is 0 Å². The summed E-state index contributed by atoms with van der Waals surface area (Å²) in [5.41, 5.74) is 3.99. The molecule has 0 amide bonds. The number of carbonyl (C=O) groups is 1. The summed E-state index contributed by atoms with van der Waals surface area (Å²) in [4.78, 5) is 9.37. The standard InChI is InChI=1S/C13H11I.C3H6O2/c1-10-12(8-5-9-13(10)14)11-6-3-2-4-7-11;1-2-3(4)5/h2-9H,1H3;2H2,1H3,(H,4,5). The van der Waals surface area contributed by atoms with Gasteiger partial charge in [-0.15, -0.1) is 0 Å². The molecule has 19 heavy (non-hydrogen) atoms. The van der Waals surface area contributed by atoms with Crippen molar-refractivity contribution in [3.05, 3.63) is 57.7 Å². The molecule has 2 rings (SSSR count). The molecule has 1 N–H and O–H groups in total. The lowest BCUT2D eigenvalue weighted by Crippen LogP contribution is -1.86. The van der Waals surface area contributed by atoms with Crippen LogP contribution < -0.4 is 0 Å². The lowest BCUT2D eigenvalue weighted by atomic mass is 10.0. The van der Waals surface area contributed by atoms with Crippen molar-refractivity contribution in [1.29, 1.82) is 0 Å². The van der Waals surface area contributed by atoms with Gasteiger partial charge in [-0.1, -0.05) is 49.4 Å². The van der Waals surface area contributed by atoms with Gasteiger partial charge >= 0.3 is 5.97 Å². The van der Waals surface area contributed by atoms with Crippen molar-refractivity contribution in [2.75, 3.05) is 0 Å². The topological polar surface area (TPSA) is 37.3 Å². The zero-order valence-corrected chi connectivity index (χ0v) is 13.2. The Balaban J connectivity index is 0.000000312. The summed E-state index contributed by atoms with van der Waals surface area (Å²) in [6.07, 6.45) is 0.222. The maximum atomic E-state index is 9.37. The van der Waals surface area contributed by atoms with Crippen LogP contribution in [-0.2, 0) is 4.79 Å². The number of rotatable bonds is 2. The molecule has 0 heterocycles. The predicted molar refractivity (Wildman–Crippen MR) is 87.3 cm³/mol. The van der Waals surface area contributed by atoms with Gasteiger partial charge in [0.05, 0.1) is 0 Å². The van der Waals surface area contributed by atoms with Crippen molar-refractivity contribution in [2.24, 2.45) is 0 Å². The lowest BCUT2D eigenvalue weighted by Gasteiger charge is -2.07. The molecule has 2 aromatic carbocycles. The predicted octanol–water partition coefficient (Wildman–Crippen LogP) is 4.75. The molecule has 0 saturated heterocycles. The first kappa shape index (κ1) is 15.7. The largest absolute Gasteiger partial charge is 0.481 e. The Morgan fingerprint density at radius 3 is 2.21 bits per heavy atom. The van der Waals surface area contributed by atoms with Crippen molar-refractivity contribution in [3.63, 3.8) is 0 Å². The van der Waals surface area contributed by atoms with Gasteiger partial charge in [0, 0.05) is 9.99 Å². The number of carboxylic acids is 1. The Labute approximate surface area is 127 Å². The van der Waals surface area contributed by atoms with Crippen LogP contribution in [0.25, 0.3) is 11.1 Å². The number of hydrogen-bond acceptors (Lipinski definition) is 1. The van der Waals surface area contributed by atoms with Crippen LogP contribution in [-0.4, -0.2) is 11.1 Å². The van der Waals surface area contributed by atoms with Gasteiger partial charge in [0.15, 0.2) is 0 Å². The monoisotopic (exact) mass is 368 g/mol. The minimum Gasteiger partial charge on any atom is -0.481 e. The van der Waals surface area contributed by atoms with Crippen LogP contribution in [0.3, 0.4) is 0 Å². The van der Waals surface area contributed by atoms with Crippen LogP contribution >= 0.6 is 22.6 Å². The van der Waals surface area contributed by atoms with Gasteiger partial charge in [0.25, 0.3) is 0 Å². The molecular weight excluding hydrogens is 351 g/mol. The zero-order chi connectivity index (χ0) is 14.3. The summed E-state index contributed by atoms with van der Waals surface area (Å²) in [5.74, 6) is -0.745. The van der Waals surface area contributed by atoms with Crippen molar-refractivity contribution in [2.45, 2.75) is 20.3 Å². The Morgan fingerprint density at radius 1 is 1.11 bits per heavy atom. The second-order valence-corrected chi connectivity index (χ2v) is 5.19. The highest BCUT2D eigenvalue weighted by molar-refractivity contribution is 14.1. The first-order valence-electron chi connectivity index (χ1n) is 6.08. The number of benzene rings is 2. The van der Waals surface area contributed by atoms with E-state index in [1.807, 2.05) is 6.07 Å². The summed E-state index contributed by atoms with van der Waals surface area (Å²) < 4.78 is 1.32. The normalized spacial score (nSPS) is 9.42. The maximum Gasteiger partial charge on any atom is 0.303 e. The first-order valence-corrected chi connectivity index (χ1v) is 7.16. The molecule has 0 atom stereocenters. The molecule has 0 saturated carbocycles. The highest BCUT2D eigenvalue weighted by Gasteiger charge is 2.02.